The molecule has 0 atom stereocenters. The Kier molecular flexibility index (Phi) is 2.66. The van der Waals surface area contributed by atoms with Crippen molar-refractivity contribution in [2.24, 2.45) is 0 Å². The summed E-state index contributed by atoms with van der Waals surface area (Å²) in [5.74, 6) is -1.59. The Morgan fingerprint density at radius 2 is 2.19 bits per heavy atom. The smallest absolute Gasteiger partial charge is 0.335 e. The van der Waals surface area contributed by atoms with Crippen LogP contribution in [0.2, 0.25) is 0 Å². The third-order valence-corrected chi connectivity index (χ3v) is 2.84. The molecule has 1 aromatic heterocycles. The van der Waals surface area contributed by atoms with Crippen LogP contribution in [0.25, 0.3) is 10.6 Å². The Morgan fingerprint density at radius 1 is 1.44 bits per heavy atom. The van der Waals surface area contributed by atoms with Gasteiger partial charge in [-0.2, -0.15) is 0 Å². The molecule has 4 nitrogen and oxygen atoms in total. The second-order valence-corrected chi connectivity index (χ2v) is 4.31. The molecular weight excluding hydrogens is 231 g/mol. The van der Waals surface area contributed by atoms with E-state index in [2.05, 4.69) is 10.2 Å². The van der Waals surface area contributed by atoms with E-state index < -0.39 is 11.8 Å². The van der Waals surface area contributed by atoms with Crippen LogP contribution in [0, 0.1) is 12.7 Å². The van der Waals surface area contributed by atoms with E-state index in [0.717, 1.165) is 6.07 Å². The van der Waals surface area contributed by atoms with Gasteiger partial charge in [0.15, 0.2) is 5.01 Å². The molecule has 0 radical (unpaired) electrons. The quantitative estimate of drug-likeness (QED) is 0.872. The molecule has 0 fully saturated rings. The number of nitrogens with zero attached hydrogens (tertiary/aromatic N) is 2. The van der Waals surface area contributed by atoms with Crippen molar-refractivity contribution in [3.63, 3.8) is 0 Å². The number of hydrogen-bond donors (Lipinski definition) is 1. The third kappa shape index (κ3) is 1.92. The minimum absolute atomic E-state index is 0.0317. The fourth-order valence-corrected chi connectivity index (χ4v) is 1.94. The monoisotopic (exact) mass is 238 g/mol. The lowest BCUT2D eigenvalue weighted by Crippen LogP contribution is -1.97. The van der Waals surface area contributed by atoms with Crippen molar-refractivity contribution in [1.82, 2.24) is 10.2 Å². The number of rotatable bonds is 2. The van der Waals surface area contributed by atoms with Crippen LogP contribution in [0.1, 0.15) is 15.4 Å². The first-order chi connectivity index (χ1) is 7.58. The van der Waals surface area contributed by atoms with E-state index >= 15 is 0 Å². The molecule has 0 spiro atoms. The molecule has 1 N–H and O–H groups in total. The van der Waals surface area contributed by atoms with Gasteiger partial charge in [0.1, 0.15) is 10.8 Å². The molecule has 1 aromatic carbocycles. The molecule has 2 aromatic rings. The molecule has 0 aliphatic carbocycles. The average molecular weight is 238 g/mol. The minimum Gasteiger partial charge on any atom is -0.478 e. The van der Waals surface area contributed by atoms with E-state index in [1.165, 1.54) is 23.5 Å². The summed E-state index contributed by atoms with van der Waals surface area (Å²) in [6.07, 6.45) is 0. The summed E-state index contributed by atoms with van der Waals surface area (Å²) < 4.78 is 13.5. The van der Waals surface area contributed by atoms with Crippen LogP contribution in [0.4, 0.5) is 4.39 Å². The molecule has 82 valence electrons. The summed E-state index contributed by atoms with van der Waals surface area (Å²) in [5.41, 5.74) is 0.203. The number of carbonyl (C=O) groups is 1. The molecule has 0 aliphatic heterocycles. The van der Waals surface area contributed by atoms with Crippen LogP contribution in [-0.2, 0) is 0 Å². The summed E-state index contributed by atoms with van der Waals surface area (Å²) in [5, 5.41) is 17.4. The number of aromatic nitrogens is 2. The van der Waals surface area contributed by atoms with Crippen LogP contribution in [0.15, 0.2) is 18.2 Å². The Morgan fingerprint density at radius 3 is 2.75 bits per heavy atom. The number of benzene rings is 1. The van der Waals surface area contributed by atoms with E-state index in [0.29, 0.717) is 10.0 Å². The highest BCUT2D eigenvalue weighted by Gasteiger charge is 2.13. The van der Waals surface area contributed by atoms with Crippen LogP contribution in [0.3, 0.4) is 0 Å². The average Bonchev–Trinajstić information content (AvgIpc) is 2.65. The normalized spacial score (nSPS) is 10.4. The van der Waals surface area contributed by atoms with E-state index in [9.17, 15) is 9.18 Å². The molecule has 0 saturated carbocycles. The number of aromatic carboxylic acids is 1. The largest absolute Gasteiger partial charge is 0.478 e. The molecule has 0 aliphatic rings. The maximum Gasteiger partial charge on any atom is 0.335 e. The molecule has 2 rings (SSSR count). The first kappa shape index (κ1) is 10.7. The molecule has 0 unspecified atom stereocenters. The highest BCUT2D eigenvalue weighted by Crippen LogP contribution is 2.26. The van der Waals surface area contributed by atoms with Gasteiger partial charge in [0.25, 0.3) is 0 Å². The van der Waals surface area contributed by atoms with Crippen LogP contribution < -0.4 is 0 Å². The summed E-state index contributed by atoms with van der Waals surface area (Å²) >= 11 is 1.22. The molecule has 0 bridgehead atoms. The summed E-state index contributed by atoms with van der Waals surface area (Å²) in [6, 6.07) is 3.60. The van der Waals surface area contributed by atoms with Crippen molar-refractivity contribution in [3.8, 4) is 10.6 Å². The van der Waals surface area contributed by atoms with E-state index in [1.54, 1.807) is 6.92 Å². The summed E-state index contributed by atoms with van der Waals surface area (Å²) in [7, 11) is 0. The lowest BCUT2D eigenvalue weighted by Gasteiger charge is -2.00. The van der Waals surface area contributed by atoms with Gasteiger partial charge in [-0.25, -0.2) is 9.18 Å². The number of carboxylic acid groups (broad SMARTS) is 1. The van der Waals surface area contributed by atoms with E-state index in [1.807, 2.05) is 0 Å². The van der Waals surface area contributed by atoms with Gasteiger partial charge in [0.2, 0.25) is 0 Å². The second kappa shape index (κ2) is 3.97. The standard InChI is InChI=1S/C10H7FN2O2S/c1-5-12-13-9(16-5)7-4-6(10(14)15)2-3-8(7)11/h2-4H,1H3,(H,14,15). The molecule has 1 heterocycles. The van der Waals surface area contributed by atoms with Crippen LogP contribution in [-0.4, -0.2) is 21.3 Å². The second-order valence-electron chi connectivity index (χ2n) is 3.13. The molecule has 0 saturated heterocycles. The lowest BCUT2D eigenvalue weighted by molar-refractivity contribution is 0.0697. The van der Waals surface area contributed by atoms with Gasteiger partial charge in [-0.05, 0) is 25.1 Å². The number of carboxylic acids is 1. The summed E-state index contributed by atoms with van der Waals surface area (Å²) in [6.45, 7) is 1.75. The van der Waals surface area contributed by atoms with Crippen molar-refractivity contribution >= 4 is 17.3 Å². The van der Waals surface area contributed by atoms with Gasteiger partial charge in [-0.3, -0.25) is 0 Å². The number of halogens is 1. The fraction of sp³-hybridized carbons (Fsp3) is 0.100. The Bertz CT molecular complexity index is 554. The highest BCUT2D eigenvalue weighted by atomic mass is 32.1. The number of hydrogen-bond acceptors (Lipinski definition) is 4. The zero-order valence-electron chi connectivity index (χ0n) is 8.27. The van der Waals surface area contributed by atoms with Gasteiger partial charge in [0, 0.05) is 5.56 Å². The van der Waals surface area contributed by atoms with Crippen molar-refractivity contribution in [2.75, 3.05) is 0 Å². The maximum absolute atomic E-state index is 13.5. The van der Waals surface area contributed by atoms with Crippen molar-refractivity contribution in [3.05, 3.63) is 34.6 Å². The lowest BCUT2D eigenvalue weighted by atomic mass is 10.1. The van der Waals surface area contributed by atoms with Crippen LogP contribution in [0.5, 0.6) is 0 Å². The molecule has 6 heteroatoms. The summed E-state index contributed by atoms with van der Waals surface area (Å²) in [4.78, 5) is 10.7. The SMILES string of the molecule is Cc1nnc(-c2cc(C(=O)O)ccc2F)s1. The van der Waals surface area contributed by atoms with Gasteiger partial charge in [0.05, 0.1) is 5.56 Å². The first-order valence-corrected chi connectivity index (χ1v) is 5.23. The van der Waals surface area contributed by atoms with Gasteiger partial charge in [-0.15, -0.1) is 10.2 Å². The highest BCUT2D eigenvalue weighted by molar-refractivity contribution is 7.14. The maximum atomic E-state index is 13.5. The molecular formula is C10H7FN2O2S. The third-order valence-electron chi connectivity index (χ3n) is 1.97. The zero-order chi connectivity index (χ0) is 11.7. The zero-order valence-corrected chi connectivity index (χ0v) is 9.08. The predicted octanol–water partition coefficient (Wildman–Crippen LogP) is 2.35. The van der Waals surface area contributed by atoms with Crippen LogP contribution >= 0.6 is 11.3 Å². The van der Waals surface area contributed by atoms with Crippen molar-refractivity contribution in [2.45, 2.75) is 6.92 Å². The fourth-order valence-electron chi connectivity index (χ4n) is 1.23. The van der Waals surface area contributed by atoms with E-state index in [4.69, 9.17) is 5.11 Å². The number of aryl methyl sites for hydroxylation is 1. The Labute approximate surface area is 94.4 Å². The van der Waals surface area contributed by atoms with Crippen molar-refractivity contribution in [1.29, 1.82) is 0 Å². The topological polar surface area (TPSA) is 63.1 Å². The Balaban J connectivity index is 2.55. The van der Waals surface area contributed by atoms with E-state index in [-0.39, 0.29) is 11.1 Å². The predicted molar refractivity (Wildman–Crippen MR) is 57.0 cm³/mol. The van der Waals surface area contributed by atoms with Crippen molar-refractivity contribution < 1.29 is 14.3 Å². The molecule has 0 amide bonds. The first-order valence-electron chi connectivity index (χ1n) is 4.41. The molecule has 16 heavy (non-hydrogen) atoms. The minimum atomic E-state index is -1.09. The van der Waals surface area contributed by atoms with Gasteiger partial charge >= 0.3 is 5.97 Å². The van der Waals surface area contributed by atoms with Gasteiger partial charge in [-0.1, -0.05) is 11.3 Å². The Hall–Kier alpha value is -1.82. The van der Waals surface area contributed by atoms with Gasteiger partial charge < -0.3 is 5.11 Å².